The molecular weight excluding hydrogens is 425 g/mol. The van der Waals surface area contributed by atoms with E-state index < -0.39 is 66.6 Å². The maximum absolute atomic E-state index is 13.6. The lowest BCUT2D eigenvalue weighted by molar-refractivity contribution is -0.124. The van der Waals surface area contributed by atoms with Crippen LogP contribution in [0.3, 0.4) is 0 Å². The fraction of sp³-hybridized carbons (Fsp3) is 0.133. The molecule has 1 aliphatic rings. The predicted molar refractivity (Wildman–Crippen MR) is 76.0 cm³/mol. The van der Waals surface area contributed by atoms with Gasteiger partial charge in [0.25, 0.3) is 15.6 Å². The molecule has 3 rings (SSSR count). The molecule has 1 heterocycles. The highest BCUT2D eigenvalue weighted by atomic mass is 32.2. The molecular formula is C15H5F7O5S. The predicted octanol–water partition coefficient (Wildman–Crippen LogP) is 4.22. The van der Waals surface area contributed by atoms with E-state index in [1.807, 2.05) is 0 Å². The molecule has 0 N–H and O–H groups in total. The molecule has 0 amide bonds. The van der Waals surface area contributed by atoms with Crippen molar-refractivity contribution < 1.29 is 53.4 Å². The van der Waals surface area contributed by atoms with Gasteiger partial charge in [-0.2, -0.15) is 22.0 Å². The van der Waals surface area contributed by atoms with Crippen molar-refractivity contribution >= 4 is 15.6 Å². The molecule has 0 aromatic heterocycles. The average molecular weight is 430 g/mol. The first kappa shape index (κ1) is 19.9. The lowest BCUT2D eigenvalue weighted by Crippen LogP contribution is -2.30. The zero-order valence-corrected chi connectivity index (χ0v) is 13.8. The normalized spacial score (nSPS) is 15.9. The smallest absolute Gasteiger partial charge is 0.453 e. The third kappa shape index (κ3) is 3.15. The monoisotopic (exact) mass is 430 g/mol. The molecule has 13 heteroatoms. The summed E-state index contributed by atoms with van der Waals surface area (Å²) in [7, 11) is -6.20. The maximum atomic E-state index is 13.6. The van der Waals surface area contributed by atoms with Crippen LogP contribution in [0.15, 0.2) is 35.2 Å². The van der Waals surface area contributed by atoms with Crippen LogP contribution in [0.5, 0.6) is 17.2 Å². The highest BCUT2D eigenvalue weighted by Gasteiger charge is 2.57. The van der Waals surface area contributed by atoms with E-state index in [1.165, 1.54) is 0 Å². The van der Waals surface area contributed by atoms with Crippen molar-refractivity contribution in [2.75, 3.05) is 0 Å². The Labute approximate surface area is 151 Å². The van der Waals surface area contributed by atoms with Gasteiger partial charge in [-0.25, -0.2) is 17.2 Å². The number of ketones is 1. The van der Waals surface area contributed by atoms with Crippen LogP contribution in [0.25, 0.3) is 0 Å². The molecule has 1 aliphatic heterocycles. The molecule has 0 saturated heterocycles. The molecule has 5 nitrogen and oxygen atoms in total. The number of carbonyl (C=O) groups is 1. The number of halogens is 7. The number of benzene rings is 2. The van der Waals surface area contributed by atoms with E-state index in [-0.39, 0.29) is 6.07 Å². The van der Waals surface area contributed by atoms with Crippen LogP contribution in [-0.4, -0.2) is 25.8 Å². The van der Waals surface area contributed by atoms with Gasteiger partial charge in [0.2, 0.25) is 0 Å². The molecule has 28 heavy (non-hydrogen) atoms. The van der Waals surface area contributed by atoms with Gasteiger partial charge in [0, 0.05) is 18.2 Å². The van der Waals surface area contributed by atoms with E-state index >= 15 is 0 Å². The number of rotatable bonds is 3. The number of fused-ring (bicyclic) bond motifs is 1. The molecule has 0 unspecified atom stereocenters. The molecule has 0 spiro atoms. The number of carbonyl (C=O) groups excluding carboxylic acids is 1. The van der Waals surface area contributed by atoms with Crippen LogP contribution in [0.1, 0.15) is 10.4 Å². The summed E-state index contributed by atoms with van der Waals surface area (Å²) in [6.45, 7) is 0. The van der Waals surface area contributed by atoms with E-state index in [9.17, 15) is 43.9 Å². The Balaban J connectivity index is 2.20. The fourth-order valence-electron chi connectivity index (χ4n) is 2.33. The van der Waals surface area contributed by atoms with Gasteiger partial charge in [-0.05, 0) is 12.1 Å². The molecule has 0 radical (unpaired) electrons. The quantitative estimate of drug-likeness (QED) is 0.683. The molecule has 0 bridgehead atoms. The van der Waals surface area contributed by atoms with Crippen LogP contribution >= 0.6 is 0 Å². The third-order valence-corrected chi connectivity index (χ3v) is 4.99. The summed E-state index contributed by atoms with van der Waals surface area (Å²) in [4.78, 5) is 9.97. The van der Waals surface area contributed by atoms with E-state index in [4.69, 9.17) is 4.74 Å². The number of hydrogen-bond donors (Lipinski definition) is 0. The highest BCUT2D eigenvalue weighted by molar-refractivity contribution is 7.92. The number of alkyl halides is 5. The Morgan fingerprint density at radius 2 is 1.57 bits per heavy atom. The zero-order valence-electron chi connectivity index (χ0n) is 13.0. The van der Waals surface area contributed by atoms with Crippen molar-refractivity contribution in [1.82, 2.24) is 0 Å². The van der Waals surface area contributed by atoms with Crippen LogP contribution in [0.4, 0.5) is 30.7 Å². The summed E-state index contributed by atoms with van der Waals surface area (Å²) < 4.78 is 124. The van der Waals surface area contributed by atoms with Gasteiger partial charge in [-0.3, -0.25) is 4.79 Å². The summed E-state index contributed by atoms with van der Waals surface area (Å²) in [5.74, 6) is -7.40. The van der Waals surface area contributed by atoms with E-state index in [2.05, 4.69) is 4.74 Å². The first-order valence-electron chi connectivity index (χ1n) is 6.98. The maximum Gasteiger partial charge on any atom is 0.501 e. The van der Waals surface area contributed by atoms with Crippen LogP contribution in [0.2, 0.25) is 0 Å². The summed E-state index contributed by atoms with van der Waals surface area (Å²) in [5, 5.41) is 0. The first-order valence-corrected chi connectivity index (χ1v) is 8.46. The molecule has 2 aromatic carbocycles. The van der Waals surface area contributed by atoms with Gasteiger partial charge >= 0.3 is 11.6 Å². The number of ether oxygens (including phenoxy) is 2. The second kappa shape index (κ2) is 6.09. The number of hydrogen-bond acceptors (Lipinski definition) is 5. The zero-order chi connectivity index (χ0) is 21.1. The van der Waals surface area contributed by atoms with E-state index in [1.54, 1.807) is 0 Å². The second-order valence-corrected chi connectivity index (χ2v) is 7.28. The van der Waals surface area contributed by atoms with Gasteiger partial charge in [0.15, 0.2) is 11.5 Å². The summed E-state index contributed by atoms with van der Waals surface area (Å²) >= 11 is 0. The van der Waals surface area contributed by atoms with E-state index in [0.29, 0.717) is 24.3 Å². The van der Waals surface area contributed by atoms with Gasteiger partial charge in [-0.1, -0.05) is 0 Å². The molecule has 0 aliphatic carbocycles. The van der Waals surface area contributed by atoms with Crippen molar-refractivity contribution in [1.29, 1.82) is 0 Å². The SMILES string of the molecule is O=C1c2c(S(=O)(=O)C(F)(F)F)ccc(Oc3cc(F)cc(F)c3)c2OC1(F)F. The molecule has 0 saturated carbocycles. The Kier molecular flexibility index (Phi) is 4.33. The largest absolute Gasteiger partial charge is 0.501 e. The second-order valence-electron chi connectivity index (χ2n) is 5.37. The molecule has 0 fully saturated rings. The minimum atomic E-state index is -6.20. The van der Waals surface area contributed by atoms with Gasteiger partial charge < -0.3 is 9.47 Å². The van der Waals surface area contributed by atoms with Crippen molar-refractivity contribution in [3.8, 4) is 17.2 Å². The molecule has 150 valence electrons. The molecule has 2 aromatic rings. The van der Waals surface area contributed by atoms with Crippen molar-refractivity contribution in [2.24, 2.45) is 0 Å². The topological polar surface area (TPSA) is 69.7 Å². The molecule has 0 atom stereocenters. The van der Waals surface area contributed by atoms with Gasteiger partial charge in [-0.15, -0.1) is 0 Å². The lowest BCUT2D eigenvalue weighted by Gasteiger charge is -2.13. The van der Waals surface area contributed by atoms with Gasteiger partial charge in [0.05, 0.1) is 10.5 Å². The Morgan fingerprint density at radius 3 is 2.11 bits per heavy atom. The minimum Gasteiger partial charge on any atom is -0.453 e. The standard InChI is InChI=1S/C15H5F7O5S/c16-6-3-7(17)5-8(4-6)26-9-1-2-10(28(24,25)15(20,21)22)11-12(9)27-14(18,19)13(11)23/h1-5H. The third-order valence-electron chi connectivity index (χ3n) is 3.46. The Bertz CT molecular complexity index is 1070. The lowest BCUT2D eigenvalue weighted by atomic mass is 10.1. The Morgan fingerprint density at radius 1 is 1.00 bits per heavy atom. The fourth-order valence-corrected chi connectivity index (χ4v) is 3.28. The average Bonchev–Trinajstić information content (AvgIpc) is 2.76. The number of Topliss-reactive ketones (excluding diaryl/α,β-unsaturated/α-hetero) is 1. The van der Waals surface area contributed by atoms with Crippen LogP contribution < -0.4 is 9.47 Å². The van der Waals surface area contributed by atoms with Crippen molar-refractivity contribution in [3.05, 3.63) is 47.5 Å². The summed E-state index contributed by atoms with van der Waals surface area (Å²) in [5.41, 5.74) is -7.48. The summed E-state index contributed by atoms with van der Waals surface area (Å²) in [6, 6.07) is 2.34. The van der Waals surface area contributed by atoms with Gasteiger partial charge in [0.1, 0.15) is 17.4 Å². The van der Waals surface area contributed by atoms with Crippen molar-refractivity contribution in [2.45, 2.75) is 16.5 Å². The highest BCUT2D eigenvalue weighted by Crippen LogP contribution is 2.49. The van der Waals surface area contributed by atoms with Crippen molar-refractivity contribution in [3.63, 3.8) is 0 Å². The first-order chi connectivity index (χ1) is 12.7. The minimum absolute atomic E-state index is 0.204. The number of sulfone groups is 1. The Hall–Kier alpha value is -2.83. The van der Waals surface area contributed by atoms with E-state index in [0.717, 1.165) is 0 Å². The summed E-state index contributed by atoms with van der Waals surface area (Å²) in [6.07, 6.45) is -4.68. The van der Waals surface area contributed by atoms with Crippen LogP contribution in [0, 0.1) is 11.6 Å². The van der Waals surface area contributed by atoms with Crippen LogP contribution in [-0.2, 0) is 9.84 Å².